The van der Waals surface area contributed by atoms with Gasteiger partial charge in [-0.05, 0) is 38.7 Å². The summed E-state index contributed by atoms with van der Waals surface area (Å²) in [7, 11) is -3.29. The predicted molar refractivity (Wildman–Crippen MR) is 143 cm³/mol. The standard InChI is InChI=1S/C26H29N7O4S/c1-3-16(2)33-14-21(26(34)29-18-7-9-37-15-18)20-11-28-24(10-22(20)33)30-23-6-8-27-25(31-23)17-12-32(13-17)38(35,36)19-4-5-19/h6,8,10-14,16,18-19H,3-5,7,9,15H2,1-2H3,(H-,27,28,29,30,31,34)/p+1. The quantitative estimate of drug-likeness (QED) is 0.399. The summed E-state index contributed by atoms with van der Waals surface area (Å²) < 4.78 is 33.5. The molecule has 0 radical (unpaired) electrons. The van der Waals surface area contributed by atoms with Gasteiger partial charge in [0, 0.05) is 42.7 Å². The fraction of sp³-hybridized carbons (Fsp3) is 0.423. The maximum atomic E-state index is 13.1. The third-order valence-corrected chi connectivity index (χ3v) is 9.35. The van der Waals surface area contributed by atoms with E-state index in [1.165, 1.54) is 3.98 Å². The summed E-state index contributed by atoms with van der Waals surface area (Å²) in [5.41, 5.74) is 2.14. The third-order valence-electron chi connectivity index (χ3n) is 7.24. The number of carbonyl (C=O) groups is 1. The molecule has 12 heteroatoms. The first-order valence-corrected chi connectivity index (χ1v) is 14.4. The van der Waals surface area contributed by atoms with Gasteiger partial charge in [-0.15, -0.1) is 0 Å². The first kappa shape index (κ1) is 24.7. The lowest BCUT2D eigenvalue weighted by molar-refractivity contribution is -0.282. The number of rotatable bonds is 9. The van der Waals surface area contributed by atoms with Crippen LogP contribution in [0.3, 0.4) is 0 Å². The Labute approximate surface area is 220 Å². The Kier molecular flexibility index (Phi) is 6.23. The summed E-state index contributed by atoms with van der Waals surface area (Å²) >= 11 is 0. The number of nitrogens with zero attached hydrogens (tertiary/aromatic N) is 5. The number of ether oxygens (including phenoxy) is 1. The van der Waals surface area contributed by atoms with Crippen LogP contribution >= 0.6 is 0 Å². The zero-order valence-electron chi connectivity index (χ0n) is 21.3. The van der Waals surface area contributed by atoms with E-state index in [1.807, 2.05) is 12.3 Å². The summed E-state index contributed by atoms with van der Waals surface area (Å²) in [5.74, 6) is 1.40. The molecule has 2 fully saturated rings. The molecule has 0 bridgehead atoms. The van der Waals surface area contributed by atoms with Crippen molar-refractivity contribution >= 4 is 50.3 Å². The molecule has 1 aliphatic carbocycles. The van der Waals surface area contributed by atoms with Crippen LogP contribution in [0.2, 0.25) is 0 Å². The van der Waals surface area contributed by atoms with Crippen LogP contribution in [0, 0.1) is 0 Å². The molecule has 0 aromatic carbocycles. The van der Waals surface area contributed by atoms with Crippen LogP contribution < -0.4 is 10.6 Å². The molecule has 3 aromatic rings. The van der Waals surface area contributed by atoms with Gasteiger partial charge in [0.2, 0.25) is 12.4 Å². The molecule has 2 atom stereocenters. The lowest BCUT2D eigenvalue weighted by Gasteiger charge is -2.13. The highest BCUT2D eigenvalue weighted by Gasteiger charge is 2.46. The van der Waals surface area contributed by atoms with Gasteiger partial charge in [0.05, 0.1) is 23.7 Å². The minimum absolute atomic E-state index is 0.0225. The van der Waals surface area contributed by atoms with Gasteiger partial charge in [-0.1, -0.05) is 10.9 Å². The van der Waals surface area contributed by atoms with Crippen LogP contribution in [0.1, 0.15) is 61.8 Å². The van der Waals surface area contributed by atoms with E-state index in [1.54, 1.807) is 30.9 Å². The largest absolute Gasteiger partial charge is 0.379 e. The van der Waals surface area contributed by atoms with Crippen LogP contribution in [-0.2, 0) is 14.8 Å². The van der Waals surface area contributed by atoms with Crippen molar-refractivity contribution in [1.82, 2.24) is 24.8 Å². The van der Waals surface area contributed by atoms with Crippen molar-refractivity contribution in [3.05, 3.63) is 48.3 Å². The van der Waals surface area contributed by atoms with Crippen molar-refractivity contribution in [3.63, 3.8) is 0 Å². The van der Waals surface area contributed by atoms with Crippen molar-refractivity contribution in [2.45, 2.75) is 56.9 Å². The Bertz CT molecular complexity index is 1580. The van der Waals surface area contributed by atoms with Crippen LogP contribution in [0.25, 0.3) is 16.5 Å². The SMILES string of the molecule is CCC(C)n1cc(C(=O)NC2CCOC2)c2cnc(Nc3ccnc(C4=C[N+](S(=O)(=O)C5CC5)=C4)n3)cc21. The van der Waals surface area contributed by atoms with E-state index < -0.39 is 10.0 Å². The van der Waals surface area contributed by atoms with Gasteiger partial charge in [-0.25, -0.2) is 15.0 Å². The fourth-order valence-electron chi connectivity index (χ4n) is 4.63. The van der Waals surface area contributed by atoms with Gasteiger partial charge in [0.1, 0.15) is 22.5 Å². The minimum atomic E-state index is -3.29. The van der Waals surface area contributed by atoms with Crippen molar-refractivity contribution in [2.75, 3.05) is 18.5 Å². The van der Waals surface area contributed by atoms with Crippen LogP contribution in [-0.4, -0.2) is 68.5 Å². The Hall–Kier alpha value is -3.64. The van der Waals surface area contributed by atoms with Crippen molar-refractivity contribution in [3.8, 4) is 0 Å². The van der Waals surface area contributed by atoms with E-state index in [4.69, 9.17) is 4.74 Å². The van der Waals surface area contributed by atoms with Crippen LogP contribution in [0.15, 0.2) is 36.9 Å². The Morgan fingerprint density at radius 2 is 2.08 bits per heavy atom. The molecule has 1 amide bonds. The molecular formula is C26H30N7O4S+. The number of allylic oxidation sites excluding steroid dienone is 1. The Morgan fingerprint density at radius 1 is 1.26 bits per heavy atom. The summed E-state index contributed by atoms with van der Waals surface area (Å²) in [4.78, 5) is 26.5. The molecule has 3 aromatic heterocycles. The summed E-state index contributed by atoms with van der Waals surface area (Å²) in [5, 5.41) is 6.81. The summed E-state index contributed by atoms with van der Waals surface area (Å²) in [6, 6.07) is 3.85. The number of aromatic nitrogens is 4. The average molecular weight is 537 g/mol. The number of amides is 1. The molecule has 198 valence electrons. The first-order chi connectivity index (χ1) is 18.3. The number of pyridine rings is 1. The van der Waals surface area contributed by atoms with E-state index in [0.29, 0.717) is 54.7 Å². The number of nitrogens with one attached hydrogen (secondary N) is 2. The fourth-order valence-corrected chi connectivity index (χ4v) is 6.22. The molecule has 0 spiro atoms. The highest BCUT2D eigenvalue weighted by Crippen LogP contribution is 2.32. The molecular weight excluding hydrogens is 506 g/mol. The molecule has 2 N–H and O–H groups in total. The van der Waals surface area contributed by atoms with Gasteiger partial charge < -0.3 is 19.9 Å². The van der Waals surface area contributed by atoms with E-state index >= 15 is 0 Å². The van der Waals surface area contributed by atoms with E-state index in [0.717, 1.165) is 23.7 Å². The second-order valence-electron chi connectivity index (χ2n) is 10.0. The number of hydrogen-bond acceptors (Lipinski definition) is 8. The second kappa shape index (κ2) is 9.59. The zero-order chi connectivity index (χ0) is 26.4. The number of sulfonamides is 1. The molecule has 1 saturated heterocycles. The minimum Gasteiger partial charge on any atom is -0.379 e. The van der Waals surface area contributed by atoms with Crippen molar-refractivity contribution in [1.29, 1.82) is 0 Å². The van der Waals surface area contributed by atoms with Crippen LogP contribution in [0.4, 0.5) is 11.6 Å². The Balaban J connectivity index is 1.24. The monoisotopic (exact) mass is 536 g/mol. The summed E-state index contributed by atoms with van der Waals surface area (Å²) in [6.07, 6.45) is 11.5. The average Bonchev–Trinajstić information content (AvgIpc) is 3.50. The first-order valence-electron chi connectivity index (χ1n) is 12.9. The van der Waals surface area contributed by atoms with E-state index in [9.17, 15) is 13.2 Å². The molecule has 11 nitrogen and oxygen atoms in total. The second-order valence-corrected chi connectivity index (χ2v) is 12.1. The lowest BCUT2D eigenvalue weighted by atomic mass is 10.2. The van der Waals surface area contributed by atoms with Gasteiger partial charge in [0.15, 0.2) is 5.82 Å². The van der Waals surface area contributed by atoms with E-state index in [-0.39, 0.29) is 23.2 Å². The zero-order valence-corrected chi connectivity index (χ0v) is 22.1. The maximum absolute atomic E-state index is 13.1. The van der Waals surface area contributed by atoms with Gasteiger partial charge >= 0.3 is 10.0 Å². The highest BCUT2D eigenvalue weighted by molar-refractivity contribution is 7.86. The number of carbonyl (C=O) groups excluding carboxylic acids is 1. The molecule has 3 aliphatic rings. The van der Waals surface area contributed by atoms with E-state index in [2.05, 4.69) is 44.0 Å². The molecule has 1 saturated carbocycles. The molecule has 2 unspecified atom stereocenters. The van der Waals surface area contributed by atoms with Gasteiger partial charge in [0.25, 0.3) is 5.91 Å². The summed E-state index contributed by atoms with van der Waals surface area (Å²) in [6.45, 7) is 5.42. The van der Waals surface area contributed by atoms with Gasteiger partial charge in [-0.3, -0.25) is 4.79 Å². The molecule has 2 aliphatic heterocycles. The third kappa shape index (κ3) is 4.58. The lowest BCUT2D eigenvalue weighted by Crippen LogP contribution is -2.34. The molecule has 6 rings (SSSR count). The topological polar surface area (TPSA) is 131 Å². The maximum Gasteiger partial charge on any atom is 0.372 e. The van der Waals surface area contributed by atoms with Gasteiger partial charge in [-0.2, -0.15) is 8.42 Å². The Morgan fingerprint density at radius 3 is 2.79 bits per heavy atom. The molecule has 5 heterocycles. The van der Waals surface area contributed by atoms with Crippen molar-refractivity contribution < 1.29 is 21.9 Å². The highest BCUT2D eigenvalue weighted by atomic mass is 32.2. The number of anilines is 2. The van der Waals surface area contributed by atoms with Crippen molar-refractivity contribution in [2.24, 2.45) is 0 Å². The number of hydrogen-bond donors (Lipinski definition) is 2. The molecule has 38 heavy (non-hydrogen) atoms. The number of fused-ring (bicyclic) bond motifs is 1. The van der Waals surface area contributed by atoms with Crippen LogP contribution in [0.5, 0.6) is 0 Å². The predicted octanol–water partition coefficient (Wildman–Crippen LogP) is 2.99. The normalized spacial score (nSPS) is 20.0. The smallest absolute Gasteiger partial charge is 0.372 e.